The van der Waals surface area contributed by atoms with Crippen LogP contribution in [0.25, 0.3) is 11.4 Å². The summed E-state index contributed by atoms with van der Waals surface area (Å²) in [6.45, 7) is 1.96. The minimum absolute atomic E-state index is 0.180. The predicted molar refractivity (Wildman–Crippen MR) is 79.4 cm³/mol. The molecule has 1 aromatic carbocycles. The van der Waals surface area contributed by atoms with Crippen LogP contribution in [-0.2, 0) is 0 Å². The number of hydrogen-bond donors (Lipinski definition) is 0. The van der Waals surface area contributed by atoms with Crippen LogP contribution in [0.15, 0.2) is 36.5 Å². The summed E-state index contributed by atoms with van der Waals surface area (Å²) in [6, 6.07) is 9.00. The predicted octanol–water partition coefficient (Wildman–Crippen LogP) is 2.04. The minimum Gasteiger partial charge on any atom is -0.473 e. The molecule has 1 unspecified atom stereocenters. The Balaban J connectivity index is 1.80. The van der Waals surface area contributed by atoms with E-state index in [9.17, 15) is 4.79 Å². The van der Waals surface area contributed by atoms with Gasteiger partial charge in [0.25, 0.3) is 0 Å². The SMILES string of the molecule is CN1CCC(Oc2ccnc(-c3cccc(C=O)c3)n2)C1. The van der Waals surface area contributed by atoms with Crippen LogP contribution < -0.4 is 4.74 Å². The maximum Gasteiger partial charge on any atom is 0.217 e. The molecule has 1 saturated heterocycles. The largest absolute Gasteiger partial charge is 0.473 e. The molecule has 108 valence electrons. The van der Waals surface area contributed by atoms with Crippen LogP contribution in [0.4, 0.5) is 0 Å². The highest BCUT2D eigenvalue weighted by molar-refractivity contribution is 5.77. The van der Waals surface area contributed by atoms with E-state index >= 15 is 0 Å². The number of carbonyl (C=O) groups excluding carboxylic acids is 1. The number of hydrogen-bond acceptors (Lipinski definition) is 5. The first-order valence-corrected chi connectivity index (χ1v) is 6.98. The summed E-state index contributed by atoms with van der Waals surface area (Å²) in [4.78, 5) is 21.8. The molecule has 0 amide bonds. The summed E-state index contributed by atoms with van der Waals surface area (Å²) in [7, 11) is 2.08. The third kappa shape index (κ3) is 3.25. The molecule has 0 radical (unpaired) electrons. The van der Waals surface area contributed by atoms with Crippen molar-refractivity contribution >= 4 is 6.29 Å². The van der Waals surface area contributed by atoms with Gasteiger partial charge in [-0.3, -0.25) is 4.79 Å². The molecule has 1 aliphatic heterocycles. The van der Waals surface area contributed by atoms with E-state index in [2.05, 4.69) is 21.9 Å². The van der Waals surface area contributed by atoms with Gasteiger partial charge in [0.2, 0.25) is 5.88 Å². The number of benzene rings is 1. The van der Waals surface area contributed by atoms with E-state index in [4.69, 9.17) is 4.74 Å². The fraction of sp³-hybridized carbons (Fsp3) is 0.312. The van der Waals surface area contributed by atoms with Gasteiger partial charge in [-0.25, -0.2) is 4.98 Å². The summed E-state index contributed by atoms with van der Waals surface area (Å²) in [5.74, 6) is 1.15. The lowest BCUT2D eigenvalue weighted by molar-refractivity contribution is 0.112. The number of carbonyl (C=O) groups is 1. The molecule has 1 aromatic heterocycles. The number of nitrogens with zero attached hydrogens (tertiary/aromatic N) is 3. The zero-order chi connectivity index (χ0) is 14.7. The first kappa shape index (κ1) is 13.7. The van der Waals surface area contributed by atoms with Gasteiger partial charge in [-0.1, -0.05) is 18.2 Å². The van der Waals surface area contributed by atoms with Crippen molar-refractivity contribution < 1.29 is 9.53 Å². The van der Waals surface area contributed by atoms with Crippen LogP contribution >= 0.6 is 0 Å². The highest BCUT2D eigenvalue weighted by Gasteiger charge is 2.21. The van der Waals surface area contributed by atoms with Crippen molar-refractivity contribution in [2.24, 2.45) is 0 Å². The zero-order valence-electron chi connectivity index (χ0n) is 11.9. The Morgan fingerprint density at radius 1 is 1.38 bits per heavy atom. The average molecular weight is 283 g/mol. The number of rotatable bonds is 4. The number of aldehydes is 1. The maximum atomic E-state index is 10.8. The van der Waals surface area contributed by atoms with Crippen LogP contribution in [0.1, 0.15) is 16.8 Å². The van der Waals surface area contributed by atoms with Gasteiger partial charge in [-0.05, 0) is 19.5 Å². The molecule has 5 nitrogen and oxygen atoms in total. The normalized spacial score (nSPS) is 18.6. The molecule has 0 aliphatic carbocycles. The van der Waals surface area contributed by atoms with Gasteiger partial charge in [0.15, 0.2) is 5.82 Å². The first-order valence-electron chi connectivity index (χ1n) is 6.98. The highest BCUT2D eigenvalue weighted by Crippen LogP contribution is 2.20. The fourth-order valence-electron chi connectivity index (χ4n) is 2.46. The number of aromatic nitrogens is 2. The molecule has 2 heterocycles. The quantitative estimate of drug-likeness (QED) is 0.804. The number of likely N-dealkylation sites (tertiary alicyclic amines) is 1. The maximum absolute atomic E-state index is 10.8. The number of likely N-dealkylation sites (N-methyl/N-ethyl adjacent to an activating group) is 1. The molecule has 0 spiro atoms. The summed E-state index contributed by atoms with van der Waals surface area (Å²) < 4.78 is 5.90. The smallest absolute Gasteiger partial charge is 0.217 e. The average Bonchev–Trinajstić information content (AvgIpc) is 2.93. The zero-order valence-corrected chi connectivity index (χ0v) is 11.9. The summed E-state index contributed by atoms with van der Waals surface area (Å²) in [5.41, 5.74) is 1.42. The van der Waals surface area contributed by atoms with Crippen molar-refractivity contribution in [2.75, 3.05) is 20.1 Å². The Bertz CT molecular complexity index is 645. The molecular formula is C16H17N3O2. The lowest BCUT2D eigenvalue weighted by atomic mass is 10.1. The van der Waals surface area contributed by atoms with E-state index in [1.807, 2.05) is 12.1 Å². The number of ether oxygens (including phenoxy) is 1. The van der Waals surface area contributed by atoms with Gasteiger partial charge in [0.05, 0.1) is 0 Å². The Morgan fingerprint density at radius 2 is 2.29 bits per heavy atom. The van der Waals surface area contributed by atoms with Crippen molar-refractivity contribution in [1.82, 2.24) is 14.9 Å². The molecule has 0 N–H and O–H groups in total. The molecule has 2 aromatic rings. The van der Waals surface area contributed by atoms with Gasteiger partial charge in [-0.15, -0.1) is 0 Å². The van der Waals surface area contributed by atoms with Crippen molar-refractivity contribution in [3.8, 4) is 17.3 Å². The summed E-state index contributed by atoms with van der Waals surface area (Å²) in [5, 5.41) is 0. The summed E-state index contributed by atoms with van der Waals surface area (Å²) >= 11 is 0. The lowest BCUT2D eigenvalue weighted by Crippen LogP contribution is -2.21. The van der Waals surface area contributed by atoms with Crippen molar-refractivity contribution in [3.63, 3.8) is 0 Å². The molecule has 0 bridgehead atoms. The Labute approximate surface area is 123 Å². The van der Waals surface area contributed by atoms with Gasteiger partial charge >= 0.3 is 0 Å². The molecule has 1 atom stereocenters. The molecule has 3 rings (SSSR count). The van der Waals surface area contributed by atoms with Crippen LogP contribution in [-0.4, -0.2) is 47.4 Å². The molecule has 1 aliphatic rings. The molecule has 0 saturated carbocycles. The lowest BCUT2D eigenvalue weighted by Gasteiger charge is -2.13. The van der Waals surface area contributed by atoms with Gasteiger partial charge < -0.3 is 9.64 Å². The second-order valence-corrected chi connectivity index (χ2v) is 5.25. The fourth-order valence-corrected chi connectivity index (χ4v) is 2.46. The van der Waals surface area contributed by atoms with E-state index in [1.165, 1.54) is 0 Å². The van der Waals surface area contributed by atoms with E-state index in [0.717, 1.165) is 31.4 Å². The van der Waals surface area contributed by atoms with E-state index in [1.54, 1.807) is 24.4 Å². The minimum atomic E-state index is 0.180. The van der Waals surface area contributed by atoms with Crippen molar-refractivity contribution in [3.05, 3.63) is 42.1 Å². The van der Waals surface area contributed by atoms with Gasteiger partial charge in [-0.2, -0.15) is 4.98 Å². The monoisotopic (exact) mass is 283 g/mol. The third-order valence-electron chi connectivity index (χ3n) is 3.55. The van der Waals surface area contributed by atoms with Crippen LogP contribution in [0.5, 0.6) is 5.88 Å². The van der Waals surface area contributed by atoms with E-state index in [-0.39, 0.29) is 6.10 Å². The van der Waals surface area contributed by atoms with Crippen molar-refractivity contribution in [1.29, 1.82) is 0 Å². The van der Waals surface area contributed by atoms with E-state index in [0.29, 0.717) is 17.3 Å². The Morgan fingerprint density at radius 3 is 3.05 bits per heavy atom. The standard InChI is InChI=1S/C16H17N3O2/c1-19-8-6-14(10-19)21-15-5-7-17-16(18-15)13-4-2-3-12(9-13)11-20/h2-5,7,9,11,14H,6,8,10H2,1H3. The topological polar surface area (TPSA) is 55.3 Å². The Hall–Kier alpha value is -2.27. The van der Waals surface area contributed by atoms with Crippen molar-refractivity contribution in [2.45, 2.75) is 12.5 Å². The molecule has 5 heteroatoms. The second-order valence-electron chi connectivity index (χ2n) is 5.25. The molecule has 1 fully saturated rings. The summed E-state index contributed by atoms with van der Waals surface area (Å²) in [6.07, 6.45) is 3.69. The van der Waals surface area contributed by atoms with Gasteiger partial charge in [0.1, 0.15) is 12.4 Å². The molecular weight excluding hydrogens is 266 g/mol. The van der Waals surface area contributed by atoms with Crippen LogP contribution in [0, 0.1) is 0 Å². The first-order chi connectivity index (χ1) is 10.2. The Kier molecular flexibility index (Phi) is 3.92. The van der Waals surface area contributed by atoms with Gasteiger partial charge in [0, 0.05) is 36.5 Å². The van der Waals surface area contributed by atoms with Crippen LogP contribution in [0.3, 0.4) is 0 Å². The highest BCUT2D eigenvalue weighted by atomic mass is 16.5. The van der Waals surface area contributed by atoms with E-state index < -0.39 is 0 Å². The molecule has 21 heavy (non-hydrogen) atoms. The third-order valence-corrected chi connectivity index (χ3v) is 3.55. The second kappa shape index (κ2) is 6.01. The van der Waals surface area contributed by atoms with Crippen LogP contribution in [0.2, 0.25) is 0 Å².